The van der Waals surface area contributed by atoms with Crippen LogP contribution in [-0.2, 0) is 11.0 Å². The van der Waals surface area contributed by atoms with E-state index in [1.54, 1.807) is 0 Å². The molecule has 0 radical (unpaired) electrons. The maximum atomic E-state index is 13.1. The van der Waals surface area contributed by atoms with Crippen LogP contribution in [0.4, 0.5) is 17.6 Å². The molecule has 1 aliphatic heterocycles. The Morgan fingerprint density at radius 3 is 2.48 bits per heavy atom. The molecule has 1 unspecified atom stereocenters. The molecule has 2 N–H and O–H groups in total. The lowest BCUT2D eigenvalue weighted by molar-refractivity contribution is -0.137. The van der Waals surface area contributed by atoms with Crippen molar-refractivity contribution < 1.29 is 31.9 Å². The quantitative estimate of drug-likeness (QED) is 0.693. The van der Waals surface area contributed by atoms with Crippen molar-refractivity contribution in [3.8, 4) is 5.75 Å². The number of ether oxygens (including phenoxy) is 1. The van der Waals surface area contributed by atoms with Crippen LogP contribution in [0.5, 0.6) is 5.75 Å². The van der Waals surface area contributed by atoms with E-state index in [2.05, 4.69) is 0 Å². The predicted molar refractivity (Wildman–Crippen MR) is 105 cm³/mol. The number of carbonyl (C=O) groups is 2. The maximum Gasteiger partial charge on any atom is 0.416 e. The Labute approximate surface area is 176 Å². The fraction of sp³-hybridized carbons (Fsp3) is 0.364. The summed E-state index contributed by atoms with van der Waals surface area (Å²) >= 11 is 0. The van der Waals surface area contributed by atoms with Gasteiger partial charge in [-0.3, -0.25) is 9.59 Å². The summed E-state index contributed by atoms with van der Waals surface area (Å²) < 4.78 is 57.9. The highest BCUT2D eigenvalue weighted by Gasteiger charge is 2.40. The molecule has 2 aromatic carbocycles. The van der Waals surface area contributed by atoms with E-state index in [0.717, 1.165) is 12.1 Å². The number of carbonyl (C=O) groups excluding carboxylic acids is 2. The summed E-state index contributed by atoms with van der Waals surface area (Å²) in [5.41, 5.74) is 3.65. The zero-order chi connectivity index (χ0) is 22.6. The molecule has 2 aromatic rings. The average Bonchev–Trinajstić information content (AvgIpc) is 2.72. The average molecular weight is 438 g/mol. The maximum absolute atomic E-state index is 13.1. The van der Waals surface area contributed by atoms with Crippen molar-refractivity contribution in [1.82, 2.24) is 4.90 Å². The summed E-state index contributed by atoms with van der Waals surface area (Å²) in [6, 6.07) is 9.61. The van der Waals surface area contributed by atoms with Crippen LogP contribution in [0.1, 0.15) is 35.2 Å². The monoisotopic (exact) mass is 438 g/mol. The first-order chi connectivity index (χ1) is 14.6. The third-order valence-corrected chi connectivity index (χ3v) is 5.29. The summed E-state index contributed by atoms with van der Waals surface area (Å²) in [5.74, 6) is -1.15. The molecular weight excluding hydrogens is 416 g/mol. The van der Waals surface area contributed by atoms with Crippen molar-refractivity contribution in [1.29, 1.82) is 0 Å². The third-order valence-electron chi connectivity index (χ3n) is 5.29. The van der Waals surface area contributed by atoms with Crippen molar-refractivity contribution in [2.45, 2.75) is 25.4 Å². The first-order valence-electron chi connectivity index (χ1n) is 9.71. The van der Waals surface area contributed by atoms with Gasteiger partial charge in [-0.05, 0) is 55.3 Å². The predicted octanol–water partition coefficient (Wildman–Crippen LogP) is 4.02. The van der Waals surface area contributed by atoms with Gasteiger partial charge in [-0.25, -0.2) is 4.39 Å². The summed E-state index contributed by atoms with van der Waals surface area (Å²) in [6.45, 7) is 0.492. The molecule has 0 bridgehead atoms. The molecule has 1 fully saturated rings. The summed E-state index contributed by atoms with van der Waals surface area (Å²) in [4.78, 5) is 26.1. The number of hydrogen-bond donors (Lipinski definition) is 1. The standard InChI is InChI=1S/C22H22F4N2O3/c23-17-5-7-18(8-6-17)31-14-21(12-19(27)29)9-2-10-28(13-21)20(30)15-3-1-4-16(11-15)22(24,25)26/h1,3-8,11H,2,9-10,12-14H2,(H2,27,29). The van der Waals surface area contributed by atoms with Gasteiger partial charge in [0, 0.05) is 30.5 Å². The molecule has 1 saturated heterocycles. The Kier molecular flexibility index (Phi) is 6.52. The zero-order valence-corrected chi connectivity index (χ0v) is 16.6. The summed E-state index contributed by atoms with van der Waals surface area (Å²) in [5, 5.41) is 0. The van der Waals surface area contributed by atoms with Gasteiger partial charge in [-0.2, -0.15) is 13.2 Å². The third kappa shape index (κ3) is 5.74. The number of halogens is 4. The normalized spacial score (nSPS) is 19.2. The second-order valence-electron chi connectivity index (χ2n) is 7.79. The topological polar surface area (TPSA) is 72.6 Å². The van der Waals surface area contributed by atoms with E-state index in [0.29, 0.717) is 25.1 Å². The lowest BCUT2D eigenvalue weighted by Gasteiger charge is -2.42. The number of nitrogens with two attached hydrogens (primary N) is 1. The van der Waals surface area contributed by atoms with Gasteiger partial charge in [0.05, 0.1) is 12.2 Å². The minimum Gasteiger partial charge on any atom is -0.493 e. The van der Waals surface area contributed by atoms with Crippen molar-refractivity contribution >= 4 is 11.8 Å². The first-order valence-corrected chi connectivity index (χ1v) is 9.71. The lowest BCUT2D eigenvalue weighted by atomic mass is 9.77. The van der Waals surface area contributed by atoms with E-state index in [9.17, 15) is 27.2 Å². The molecular formula is C22H22F4N2O3. The van der Waals surface area contributed by atoms with Crippen molar-refractivity contribution in [2.24, 2.45) is 11.1 Å². The second kappa shape index (κ2) is 8.95. The molecule has 0 aliphatic carbocycles. The van der Waals surface area contributed by atoms with Crippen LogP contribution < -0.4 is 10.5 Å². The number of rotatable bonds is 6. The smallest absolute Gasteiger partial charge is 0.416 e. The molecule has 5 nitrogen and oxygen atoms in total. The van der Waals surface area contributed by atoms with E-state index in [1.807, 2.05) is 0 Å². The van der Waals surface area contributed by atoms with Gasteiger partial charge in [0.1, 0.15) is 11.6 Å². The molecule has 31 heavy (non-hydrogen) atoms. The van der Waals surface area contributed by atoms with E-state index in [1.165, 1.54) is 41.3 Å². The van der Waals surface area contributed by atoms with E-state index in [4.69, 9.17) is 10.5 Å². The molecule has 1 heterocycles. The number of nitrogens with zero attached hydrogens (tertiary/aromatic N) is 1. The van der Waals surface area contributed by atoms with Crippen LogP contribution in [0.15, 0.2) is 48.5 Å². The number of primary amides is 1. The Balaban J connectivity index is 1.79. The number of benzene rings is 2. The van der Waals surface area contributed by atoms with Gasteiger partial charge in [0.15, 0.2) is 0 Å². The minimum absolute atomic E-state index is 0.0495. The molecule has 2 amide bonds. The zero-order valence-electron chi connectivity index (χ0n) is 16.6. The summed E-state index contributed by atoms with van der Waals surface area (Å²) in [7, 11) is 0. The molecule has 0 saturated carbocycles. The van der Waals surface area contributed by atoms with Gasteiger partial charge in [-0.15, -0.1) is 0 Å². The molecule has 0 aromatic heterocycles. The highest BCUT2D eigenvalue weighted by atomic mass is 19.4. The minimum atomic E-state index is -4.56. The van der Waals surface area contributed by atoms with Crippen LogP contribution in [0.2, 0.25) is 0 Å². The molecule has 1 atom stereocenters. The van der Waals surface area contributed by atoms with E-state index >= 15 is 0 Å². The fourth-order valence-corrected chi connectivity index (χ4v) is 3.84. The molecule has 0 spiro atoms. The van der Waals surface area contributed by atoms with Crippen molar-refractivity contribution in [2.75, 3.05) is 19.7 Å². The van der Waals surface area contributed by atoms with Crippen LogP contribution in [-0.4, -0.2) is 36.4 Å². The van der Waals surface area contributed by atoms with Gasteiger partial charge >= 0.3 is 6.18 Å². The van der Waals surface area contributed by atoms with Crippen LogP contribution >= 0.6 is 0 Å². The van der Waals surface area contributed by atoms with Gasteiger partial charge in [0.25, 0.3) is 5.91 Å². The van der Waals surface area contributed by atoms with Crippen LogP contribution in [0.3, 0.4) is 0 Å². The van der Waals surface area contributed by atoms with Gasteiger partial charge < -0.3 is 15.4 Å². The van der Waals surface area contributed by atoms with E-state index < -0.39 is 34.8 Å². The number of hydrogen-bond acceptors (Lipinski definition) is 3. The van der Waals surface area contributed by atoms with Crippen LogP contribution in [0.25, 0.3) is 0 Å². The number of alkyl halides is 3. The van der Waals surface area contributed by atoms with Crippen LogP contribution in [0, 0.1) is 11.2 Å². The number of likely N-dealkylation sites (tertiary alicyclic amines) is 1. The Bertz CT molecular complexity index is 947. The SMILES string of the molecule is NC(=O)CC1(COc2ccc(F)cc2)CCCN(C(=O)c2cccc(C(F)(F)F)c2)C1. The number of piperidine rings is 1. The van der Waals surface area contributed by atoms with Crippen molar-refractivity contribution in [3.05, 3.63) is 65.5 Å². The molecule has 3 rings (SSSR count). The Hall–Kier alpha value is -3.10. The van der Waals surface area contributed by atoms with Gasteiger partial charge in [-0.1, -0.05) is 6.07 Å². The highest BCUT2D eigenvalue weighted by molar-refractivity contribution is 5.94. The molecule has 166 valence electrons. The Morgan fingerprint density at radius 1 is 1.13 bits per heavy atom. The largest absolute Gasteiger partial charge is 0.493 e. The number of amides is 2. The lowest BCUT2D eigenvalue weighted by Crippen LogP contribution is -2.50. The molecule has 9 heteroatoms. The first kappa shape index (κ1) is 22.6. The Morgan fingerprint density at radius 2 is 1.84 bits per heavy atom. The van der Waals surface area contributed by atoms with Crippen molar-refractivity contribution in [3.63, 3.8) is 0 Å². The second-order valence-corrected chi connectivity index (χ2v) is 7.79. The highest BCUT2D eigenvalue weighted by Crippen LogP contribution is 2.36. The summed E-state index contributed by atoms with van der Waals surface area (Å²) in [6.07, 6.45) is -3.54. The van der Waals surface area contributed by atoms with Gasteiger partial charge in [0.2, 0.25) is 5.91 Å². The molecule has 1 aliphatic rings. The fourth-order valence-electron chi connectivity index (χ4n) is 3.84. The van der Waals surface area contributed by atoms with E-state index in [-0.39, 0.29) is 25.1 Å².